The molecule has 0 radical (unpaired) electrons. The lowest BCUT2D eigenvalue weighted by Crippen LogP contribution is -2.27. The van der Waals surface area contributed by atoms with Crippen molar-refractivity contribution in [1.82, 2.24) is 4.98 Å². The molecule has 6 heteroatoms. The number of rotatable bonds is 4. The molecule has 2 heterocycles. The highest BCUT2D eigenvalue weighted by molar-refractivity contribution is 5.88. The van der Waals surface area contributed by atoms with Crippen LogP contribution in [0.4, 0.5) is 5.69 Å². The third-order valence-corrected chi connectivity index (χ3v) is 4.83. The largest absolute Gasteiger partial charge is 0.489 e. The molecule has 2 aromatic carbocycles. The first-order chi connectivity index (χ1) is 12.2. The molecule has 2 atom stereocenters. The lowest BCUT2D eigenvalue weighted by molar-refractivity contribution is -0.384. The Labute approximate surface area is 144 Å². The Bertz CT molecular complexity index is 917. The van der Waals surface area contributed by atoms with Crippen LogP contribution in [0.15, 0.2) is 48.7 Å². The first-order valence-electron chi connectivity index (χ1n) is 8.29. The first-order valence-corrected chi connectivity index (χ1v) is 8.29. The molecule has 2 N–H and O–H groups in total. The highest BCUT2D eigenvalue weighted by Crippen LogP contribution is 2.44. The van der Waals surface area contributed by atoms with Crippen molar-refractivity contribution in [3.05, 3.63) is 69.9 Å². The van der Waals surface area contributed by atoms with E-state index in [1.54, 1.807) is 12.1 Å². The topological polar surface area (TPSA) is 88.4 Å². The Morgan fingerprint density at radius 2 is 2.00 bits per heavy atom. The molecule has 25 heavy (non-hydrogen) atoms. The van der Waals surface area contributed by atoms with Crippen LogP contribution in [-0.4, -0.2) is 27.7 Å². The molecule has 0 fully saturated rings. The molecule has 0 saturated heterocycles. The van der Waals surface area contributed by atoms with E-state index in [-0.39, 0.29) is 29.2 Å². The Morgan fingerprint density at radius 3 is 2.72 bits per heavy atom. The molecule has 1 aromatic heterocycles. The van der Waals surface area contributed by atoms with E-state index < -0.39 is 0 Å². The standard InChI is InChI=1S/C19H18N2O4/c22-10-8-14-11-17(12-1-3-13(4-2-12)21(23)24)15-5-6-18-16(7-9-20-18)19(15)25-14/h1-7,9,14,17,20,22H,8,10-11H2/t14-,17-/m0/s1. The summed E-state index contributed by atoms with van der Waals surface area (Å²) in [6, 6.07) is 12.8. The third-order valence-electron chi connectivity index (χ3n) is 4.83. The predicted octanol–water partition coefficient (Wildman–Crippen LogP) is 3.74. The number of hydrogen-bond acceptors (Lipinski definition) is 4. The average Bonchev–Trinajstić information content (AvgIpc) is 3.11. The number of nitrogens with one attached hydrogen (secondary N) is 1. The number of nitro groups is 1. The normalized spacial score (nSPS) is 19.4. The minimum absolute atomic E-state index is 0.0656. The molecular formula is C19H18N2O4. The van der Waals surface area contributed by atoms with Gasteiger partial charge in [-0.05, 0) is 24.1 Å². The second-order valence-corrected chi connectivity index (χ2v) is 6.31. The highest BCUT2D eigenvalue weighted by atomic mass is 16.6. The second-order valence-electron chi connectivity index (χ2n) is 6.31. The Morgan fingerprint density at radius 1 is 1.20 bits per heavy atom. The van der Waals surface area contributed by atoms with E-state index in [4.69, 9.17) is 4.74 Å². The zero-order chi connectivity index (χ0) is 17.4. The van der Waals surface area contributed by atoms with E-state index in [1.807, 2.05) is 30.5 Å². The lowest BCUT2D eigenvalue weighted by atomic mass is 9.83. The van der Waals surface area contributed by atoms with Gasteiger partial charge in [-0.3, -0.25) is 10.1 Å². The lowest BCUT2D eigenvalue weighted by Gasteiger charge is -2.33. The monoisotopic (exact) mass is 338 g/mol. The van der Waals surface area contributed by atoms with Crippen LogP contribution >= 0.6 is 0 Å². The van der Waals surface area contributed by atoms with Gasteiger partial charge in [-0.25, -0.2) is 0 Å². The molecule has 0 saturated carbocycles. The smallest absolute Gasteiger partial charge is 0.269 e. The predicted molar refractivity (Wildman–Crippen MR) is 94.0 cm³/mol. The maximum Gasteiger partial charge on any atom is 0.269 e. The molecule has 1 aliphatic heterocycles. The van der Waals surface area contributed by atoms with Crippen molar-refractivity contribution in [3.63, 3.8) is 0 Å². The number of non-ortho nitro benzene ring substituents is 1. The number of nitrogens with zero attached hydrogens (tertiary/aromatic N) is 1. The van der Waals surface area contributed by atoms with Crippen molar-refractivity contribution in [2.45, 2.75) is 24.9 Å². The van der Waals surface area contributed by atoms with E-state index in [0.717, 1.165) is 34.2 Å². The minimum atomic E-state index is -0.389. The number of aromatic nitrogens is 1. The summed E-state index contributed by atoms with van der Waals surface area (Å²) in [6.07, 6.45) is 3.09. The van der Waals surface area contributed by atoms with Crippen LogP contribution in [-0.2, 0) is 0 Å². The quantitative estimate of drug-likeness (QED) is 0.560. The van der Waals surface area contributed by atoms with Crippen LogP contribution in [0.2, 0.25) is 0 Å². The van der Waals surface area contributed by atoms with Crippen LogP contribution in [0, 0.1) is 10.1 Å². The maximum absolute atomic E-state index is 10.9. The number of nitro benzene ring substituents is 1. The SMILES string of the molecule is O=[N+]([O-])c1ccc([C@@H]2C[C@H](CCO)Oc3c2ccc2[nH]ccc32)cc1. The molecule has 0 amide bonds. The summed E-state index contributed by atoms with van der Waals surface area (Å²) in [4.78, 5) is 13.7. The van der Waals surface area contributed by atoms with E-state index in [1.165, 1.54) is 0 Å². The van der Waals surface area contributed by atoms with Gasteiger partial charge in [0.2, 0.25) is 0 Å². The van der Waals surface area contributed by atoms with Gasteiger partial charge in [0.25, 0.3) is 5.69 Å². The summed E-state index contributed by atoms with van der Waals surface area (Å²) in [5.41, 5.74) is 3.19. The van der Waals surface area contributed by atoms with E-state index in [9.17, 15) is 15.2 Å². The Kier molecular flexibility index (Phi) is 3.89. The van der Waals surface area contributed by atoms with Gasteiger partial charge in [-0.15, -0.1) is 0 Å². The molecular weight excluding hydrogens is 320 g/mol. The number of ether oxygens (including phenoxy) is 1. The van der Waals surface area contributed by atoms with Gasteiger partial charge in [-0.1, -0.05) is 18.2 Å². The maximum atomic E-state index is 10.9. The van der Waals surface area contributed by atoms with Gasteiger partial charge in [0, 0.05) is 53.7 Å². The van der Waals surface area contributed by atoms with E-state index >= 15 is 0 Å². The highest BCUT2D eigenvalue weighted by Gasteiger charge is 2.30. The fourth-order valence-electron chi connectivity index (χ4n) is 3.60. The zero-order valence-electron chi connectivity index (χ0n) is 13.5. The van der Waals surface area contributed by atoms with E-state index in [2.05, 4.69) is 11.1 Å². The molecule has 0 spiro atoms. The van der Waals surface area contributed by atoms with Crippen molar-refractivity contribution in [2.24, 2.45) is 0 Å². The van der Waals surface area contributed by atoms with Crippen LogP contribution < -0.4 is 4.74 Å². The number of H-pyrrole nitrogens is 1. The van der Waals surface area contributed by atoms with Gasteiger partial charge >= 0.3 is 0 Å². The first kappa shape index (κ1) is 15.7. The summed E-state index contributed by atoms with van der Waals surface area (Å²) in [5.74, 6) is 0.923. The molecule has 6 nitrogen and oxygen atoms in total. The summed E-state index contributed by atoms with van der Waals surface area (Å²) in [5, 5.41) is 21.2. The second kappa shape index (κ2) is 6.22. The number of fused-ring (bicyclic) bond motifs is 3. The third kappa shape index (κ3) is 2.74. The fourth-order valence-corrected chi connectivity index (χ4v) is 3.60. The van der Waals surface area contributed by atoms with E-state index in [0.29, 0.717) is 6.42 Å². The number of hydrogen-bond donors (Lipinski definition) is 2. The minimum Gasteiger partial charge on any atom is -0.489 e. The molecule has 3 aromatic rings. The molecule has 0 aliphatic carbocycles. The van der Waals surface area contributed by atoms with Gasteiger partial charge in [-0.2, -0.15) is 0 Å². The van der Waals surface area contributed by atoms with Gasteiger partial charge in [0.15, 0.2) is 0 Å². The zero-order valence-corrected chi connectivity index (χ0v) is 13.5. The van der Waals surface area contributed by atoms with Gasteiger partial charge < -0.3 is 14.8 Å². The molecule has 4 rings (SSSR count). The van der Waals surface area contributed by atoms with Crippen LogP contribution in [0.1, 0.15) is 29.9 Å². The van der Waals surface area contributed by atoms with Crippen LogP contribution in [0.5, 0.6) is 5.75 Å². The molecule has 1 aliphatic rings. The van der Waals surface area contributed by atoms with Crippen molar-refractivity contribution < 1.29 is 14.8 Å². The summed E-state index contributed by atoms with van der Waals surface area (Å²) in [7, 11) is 0. The average molecular weight is 338 g/mol. The number of aliphatic hydroxyl groups is 1. The molecule has 0 bridgehead atoms. The summed E-state index contributed by atoms with van der Waals surface area (Å²) in [6.45, 7) is 0.0656. The number of aromatic amines is 1. The van der Waals surface area contributed by atoms with Crippen LogP contribution in [0.3, 0.4) is 0 Å². The van der Waals surface area contributed by atoms with Gasteiger partial charge in [0.05, 0.1) is 4.92 Å². The van der Waals surface area contributed by atoms with Crippen molar-refractivity contribution in [1.29, 1.82) is 0 Å². The Hall–Kier alpha value is -2.86. The van der Waals surface area contributed by atoms with Crippen molar-refractivity contribution in [2.75, 3.05) is 6.61 Å². The summed E-state index contributed by atoms with van der Waals surface area (Å²) < 4.78 is 6.17. The van der Waals surface area contributed by atoms with Crippen LogP contribution in [0.25, 0.3) is 10.9 Å². The number of aliphatic hydroxyl groups excluding tert-OH is 1. The van der Waals surface area contributed by atoms with Crippen molar-refractivity contribution in [3.8, 4) is 5.75 Å². The molecule has 0 unspecified atom stereocenters. The fraction of sp³-hybridized carbons (Fsp3) is 0.263. The van der Waals surface area contributed by atoms with Crippen molar-refractivity contribution >= 4 is 16.6 Å². The molecule has 128 valence electrons. The van der Waals surface area contributed by atoms with Gasteiger partial charge in [0.1, 0.15) is 11.9 Å². The Balaban J connectivity index is 1.80. The summed E-state index contributed by atoms with van der Waals surface area (Å²) >= 11 is 0. The number of benzene rings is 2.